The predicted molar refractivity (Wildman–Crippen MR) is 89.7 cm³/mol. The van der Waals surface area contributed by atoms with Crippen molar-refractivity contribution in [2.24, 2.45) is 0 Å². The largest absolute Gasteiger partial charge is 0.416 e. The van der Waals surface area contributed by atoms with Gasteiger partial charge >= 0.3 is 12.1 Å². The Morgan fingerprint density at radius 2 is 1.59 bits per heavy atom. The van der Waals surface area contributed by atoms with Gasteiger partial charge in [-0.2, -0.15) is 17.9 Å². The summed E-state index contributed by atoms with van der Waals surface area (Å²) in [6.07, 6.45) is -4.75. The van der Waals surface area contributed by atoms with Gasteiger partial charge in [0.15, 0.2) is 0 Å². The minimum absolute atomic E-state index is 0.00912. The van der Waals surface area contributed by atoms with Crippen LogP contribution in [0.4, 0.5) is 13.2 Å². The zero-order chi connectivity index (χ0) is 21.4. The molecule has 1 aliphatic rings. The van der Waals surface area contributed by atoms with Crippen LogP contribution in [0.3, 0.4) is 0 Å². The number of fused-ring (bicyclic) bond motifs is 1. The number of nitrogens with one attached hydrogen (secondary N) is 1. The fraction of sp³-hybridized carbons (Fsp3) is 0.118. The van der Waals surface area contributed by atoms with E-state index in [1.54, 1.807) is 4.72 Å². The van der Waals surface area contributed by atoms with E-state index in [0.717, 1.165) is 12.1 Å². The van der Waals surface area contributed by atoms with Gasteiger partial charge in [0.05, 0.1) is 21.6 Å². The second-order valence-electron chi connectivity index (χ2n) is 5.76. The second kappa shape index (κ2) is 7.29. The van der Waals surface area contributed by atoms with Crippen LogP contribution < -0.4 is 4.72 Å². The molecule has 0 aliphatic carbocycles. The minimum atomic E-state index is -4.75. The smallest absolute Gasteiger partial charge is 0.328 e. The third-order valence-corrected chi connectivity index (χ3v) is 5.23. The highest BCUT2D eigenvalue weighted by Crippen LogP contribution is 2.30. The summed E-state index contributed by atoms with van der Waals surface area (Å²) in [5.41, 5.74) is -1.17. The maximum atomic E-state index is 12.7. The molecular formula is C17H11F3N2O6S. The second-order valence-corrected chi connectivity index (χ2v) is 7.53. The molecule has 0 bridgehead atoms. The standard InChI is InChI=1S/C17H11F3N2O6S/c18-17(19,20)10-4-3-5-11(8-10)29(26,27)21-9-14(23)28-22-15(24)12-6-1-2-7-13(12)16(22)25/h1-8,21H,9H2. The van der Waals surface area contributed by atoms with Crippen LogP contribution in [0.5, 0.6) is 0 Å². The maximum Gasteiger partial charge on any atom is 0.416 e. The molecule has 0 unspecified atom stereocenters. The number of sulfonamides is 1. The summed E-state index contributed by atoms with van der Waals surface area (Å²) in [5, 5.41) is 0.186. The fourth-order valence-electron chi connectivity index (χ4n) is 2.46. The first-order valence-electron chi connectivity index (χ1n) is 7.86. The van der Waals surface area contributed by atoms with Gasteiger partial charge in [-0.05, 0) is 30.3 Å². The first-order valence-corrected chi connectivity index (χ1v) is 9.34. The molecule has 1 aliphatic heterocycles. The number of halogens is 3. The summed E-state index contributed by atoms with van der Waals surface area (Å²) in [6.45, 7) is -1.02. The topological polar surface area (TPSA) is 110 Å². The van der Waals surface area contributed by atoms with Crippen molar-refractivity contribution in [3.05, 3.63) is 65.2 Å². The van der Waals surface area contributed by atoms with E-state index in [0.29, 0.717) is 12.1 Å². The number of carbonyl (C=O) groups excluding carboxylic acids is 3. The Morgan fingerprint density at radius 3 is 2.14 bits per heavy atom. The Bertz CT molecular complexity index is 1080. The zero-order valence-electron chi connectivity index (χ0n) is 14.3. The lowest BCUT2D eigenvalue weighted by atomic mass is 10.1. The van der Waals surface area contributed by atoms with E-state index in [-0.39, 0.29) is 16.2 Å². The van der Waals surface area contributed by atoms with Crippen molar-refractivity contribution in [2.45, 2.75) is 11.1 Å². The number of hydrogen-bond donors (Lipinski definition) is 1. The van der Waals surface area contributed by atoms with Crippen molar-refractivity contribution in [3.63, 3.8) is 0 Å². The van der Waals surface area contributed by atoms with Gasteiger partial charge in [-0.1, -0.05) is 23.3 Å². The van der Waals surface area contributed by atoms with Crippen LogP contribution in [0.15, 0.2) is 53.4 Å². The van der Waals surface area contributed by atoms with Gasteiger partial charge in [0.1, 0.15) is 6.54 Å². The number of hydrogen-bond acceptors (Lipinski definition) is 6. The van der Waals surface area contributed by atoms with Gasteiger partial charge in [0.2, 0.25) is 10.0 Å². The van der Waals surface area contributed by atoms with Crippen LogP contribution in [0.25, 0.3) is 0 Å². The van der Waals surface area contributed by atoms with Crippen molar-refractivity contribution in [3.8, 4) is 0 Å². The number of benzene rings is 2. The Balaban J connectivity index is 1.67. The highest BCUT2D eigenvalue weighted by atomic mass is 32.2. The van der Waals surface area contributed by atoms with E-state index in [2.05, 4.69) is 4.84 Å². The third-order valence-electron chi connectivity index (χ3n) is 3.83. The van der Waals surface area contributed by atoms with E-state index in [1.807, 2.05) is 0 Å². The number of alkyl halides is 3. The molecule has 2 aromatic carbocycles. The lowest BCUT2D eigenvalue weighted by Gasteiger charge is -2.13. The summed E-state index contributed by atoms with van der Waals surface area (Å²) in [4.78, 5) is 39.9. The van der Waals surface area contributed by atoms with Crippen molar-refractivity contribution in [2.75, 3.05) is 6.54 Å². The quantitative estimate of drug-likeness (QED) is 0.727. The molecule has 3 rings (SSSR count). The summed E-state index contributed by atoms with van der Waals surface area (Å²) in [5.74, 6) is -3.12. The minimum Gasteiger partial charge on any atom is -0.328 e. The summed E-state index contributed by atoms with van der Waals surface area (Å²) >= 11 is 0. The molecule has 0 fully saturated rings. The summed E-state index contributed by atoms with van der Waals surface area (Å²) in [6, 6.07) is 8.59. The Kier molecular flexibility index (Phi) is 5.15. The normalized spacial score (nSPS) is 14.1. The number of imide groups is 1. The highest BCUT2D eigenvalue weighted by molar-refractivity contribution is 7.89. The van der Waals surface area contributed by atoms with E-state index in [9.17, 15) is 36.0 Å². The van der Waals surface area contributed by atoms with Gasteiger partial charge in [-0.3, -0.25) is 9.59 Å². The SMILES string of the molecule is O=C(CNS(=O)(=O)c1cccc(C(F)(F)F)c1)ON1C(=O)c2ccccc2C1=O. The lowest BCUT2D eigenvalue weighted by Crippen LogP contribution is -2.38. The average molecular weight is 428 g/mol. The molecule has 29 heavy (non-hydrogen) atoms. The fourth-order valence-corrected chi connectivity index (χ4v) is 3.48. The molecule has 2 amide bonds. The van der Waals surface area contributed by atoms with Crippen LogP contribution in [0.2, 0.25) is 0 Å². The molecule has 152 valence electrons. The molecule has 0 radical (unpaired) electrons. The van der Waals surface area contributed by atoms with Gasteiger partial charge in [0.25, 0.3) is 11.8 Å². The number of rotatable bonds is 5. The zero-order valence-corrected chi connectivity index (χ0v) is 15.1. The Morgan fingerprint density at radius 1 is 1.00 bits per heavy atom. The van der Waals surface area contributed by atoms with Gasteiger partial charge in [-0.15, -0.1) is 0 Å². The van der Waals surface area contributed by atoms with Crippen molar-refractivity contribution in [1.82, 2.24) is 9.79 Å². The van der Waals surface area contributed by atoms with Crippen molar-refractivity contribution in [1.29, 1.82) is 0 Å². The van der Waals surface area contributed by atoms with Crippen molar-refractivity contribution >= 4 is 27.8 Å². The molecule has 0 saturated carbocycles. The number of carbonyl (C=O) groups is 3. The predicted octanol–water partition coefficient (Wildman–Crippen LogP) is 1.74. The number of amides is 2. The maximum absolute atomic E-state index is 12.7. The first kappa shape index (κ1) is 20.5. The van der Waals surface area contributed by atoms with Crippen LogP contribution in [0.1, 0.15) is 26.3 Å². The van der Waals surface area contributed by atoms with Crippen LogP contribution in [0, 0.1) is 0 Å². The molecule has 12 heteroatoms. The number of nitrogens with zero attached hydrogens (tertiary/aromatic N) is 1. The molecule has 0 saturated heterocycles. The molecule has 0 atom stereocenters. The third kappa shape index (κ3) is 4.12. The molecule has 1 heterocycles. The Hall–Kier alpha value is -3.25. The van der Waals surface area contributed by atoms with Gasteiger partial charge < -0.3 is 4.84 Å². The molecule has 2 aromatic rings. The monoisotopic (exact) mass is 428 g/mol. The molecule has 1 N–H and O–H groups in total. The summed E-state index contributed by atoms with van der Waals surface area (Å²) < 4.78 is 64.2. The van der Waals surface area contributed by atoms with E-state index >= 15 is 0 Å². The summed E-state index contributed by atoms with van der Waals surface area (Å²) in [7, 11) is -4.49. The van der Waals surface area contributed by atoms with E-state index in [4.69, 9.17) is 0 Å². The first-order chi connectivity index (χ1) is 13.5. The molecular weight excluding hydrogens is 417 g/mol. The highest BCUT2D eigenvalue weighted by Gasteiger charge is 2.38. The number of hydroxylamine groups is 2. The van der Waals surface area contributed by atoms with Gasteiger partial charge in [0, 0.05) is 0 Å². The van der Waals surface area contributed by atoms with E-state index in [1.165, 1.54) is 24.3 Å². The van der Waals surface area contributed by atoms with Crippen LogP contribution in [-0.2, 0) is 25.8 Å². The molecule has 8 nitrogen and oxygen atoms in total. The van der Waals surface area contributed by atoms with E-state index < -0.39 is 51.0 Å². The average Bonchev–Trinajstić information content (AvgIpc) is 2.91. The molecule has 0 spiro atoms. The van der Waals surface area contributed by atoms with Crippen LogP contribution >= 0.6 is 0 Å². The van der Waals surface area contributed by atoms with Crippen LogP contribution in [-0.4, -0.2) is 37.8 Å². The lowest BCUT2D eigenvalue weighted by molar-refractivity contribution is -0.166. The molecule has 0 aromatic heterocycles. The Labute approximate surface area is 161 Å². The van der Waals surface area contributed by atoms with Gasteiger partial charge in [-0.25, -0.2) is 13.2 Å². The van der Waals surface area contributed by atoms with Crippen molar-refractivity contribution < 1.29 is 40.8 Å².